The summed E-state index contributed by atoms with van der Waals surface area (Å²) in [5, 5.41) is 0. The Balaban J connectivity index is 2.51. The molecule has 0 radical (unpaired) electrons. The fourth-order valence-electron chi connectivity index (χ4n) is 1.47. The predicted octanol–water partition coefficient (Wildman–Crippen LogP) is 4.53. The zero-order chi connectivity index (χ0) is 11.5. The Morgan fingerprint density at radius 3 is 3.00 bits per heavy atom. The smallest absolute Gasteiger partial charge is 0.127 e. The fourth-order valence-corrected chi connectivity index (χ4v) is 2.42. The van der Waals surface area contributed by atoms with Gasteiger partial charge in [-0.15, -0.1) is 0 Å². The summed E-state index contributed by atoms with van der Waals surface area (Å²) in [5.41, 5.74) is 2.00. The number of hydrogen-bond donors (Lipinski definition) is 0. The number of allylic oxidation sites excluding steroid dienone is 4. The number of rotatable bonds is 0. The van der Waals surface area contributed by atoms with Crippen LogP contribution in [0.3, 0.4) is 0 Å². The number of halogens is 2. The van der Waals surface area contributed by atoms with Crippen LogP contribution in [0.5, 0.6) is 5.75 Å². The monoisotopic (exact) mass is 388 g/mol. The molecule has 0 N–H and O–H groups in total. The van der Waals surface area contributed by atoms with E-state index < -0.39 is 0 Å². The Labute approximate surface area is 117 Å². The molecule has 1 aliphatic rings. The van der Waals surface area contributed by atoms with Crippen LogP contribution in [0.2, 0.25) is 0 Å². The van der Waals surface area contributed by atoms with Crippen LogP contribution in [0.4, 0.5) is 0 Å². The van der Waals surface area contributed by atoms with Crippen LogP contribution >= 0.6 is 38.5 Å². The van der Waals surface area contributed by atoms with Crippen LogP contribution in [0.15, 0.2) is 47.5 Å². The zero-order valence-corrected chi connectivity index (χ0v) is 12.3. The number of ether oxygens (including phenoxy) is 1. The molecule has 1 aromatic rings. The summed E-state index contributed by atoms with van der Waals surface area (Å²) in [4.78, 5) is 0. The standard InChI is InChI=1S/C13H10BrIO/c1-9-7-10(14)3-2-6-16-13-5-4-11(15)8-12(9)13/h2-5,7-8H,1,6H2/b3-2-,10-7+. The molecule has 0 aliphatic carbocycles. The molecule has 1 nitrogen and oxygen atoms in total. The first-order valence-electron chi connectivity index (χ1n) is 4.82. The summed E-state index contributed by atoms with van der Waals surface area (Å²) in [5.74, 6) is 0.883. The highest BCUT2D eigenvalue weighted by molar-refractivity contribution is 14.1. The van der Waals surface area contributed by atoms with Crippen molar-refractivity contribution in [3.63, 3.8) is 0 Å². The molecule has 0 atom stereocenters. The van der Waals surface area contributed by atoms with E-state index in [0.717, 1.165) is 21.4 Å². The van der Waals surface area contributed by atoms with Gasteiger partial charge in [0, 0.05) is 13.6 Å². The van der Waals surface area contributed by atoms with E-state index in [4.69, 9.17) is 4.74 Å². The second kappa shape index (κ2) is 5.19. The molecule has 2 rings (SSSR count). The van der Waals surface area contributed by atoms with Gasteiger partial charge in [-0.3, -0.25) is 0 Å². The minimum absolute atomic E-state index is 0.573. The maximum absolute atomic E-state index is 5.68. The molecule has 0 amide bonds. The number of fused-ring (bicyclic) bond motifs is 1. The van der Waals surface area contributed by atoms with E-state index in [0.29, 0.717) is 6.61 Å². The molecule has 82 valence electrons. The Kier molecular flexibility index (Phi) is 3.86. The van der Waals surface area contributed by atoms with Crippen molar-refractivity contribution in [2.24, 2.45) is 0 Å². The van der Waals surface area contributed by atoms with E-state index in [2.05, 4.69) is 51.2 Å². The summed E-state index contributed by atoms with van der Waals surface area (Å²) in [6.07, 6.45) is 5.95. The van der Waals surface area contributed by atoms with Crippen LogP contribution in [-0.4, -0.2) is 6.61 Å². The van der Waals surface area contributed by atoms with Crippen molar-refractivity contribution in [3.05, 3.63) is 56.6 Å². The topological polar surface area (TPSA) is 9.23 Å². The first kappa shape index (κ1) is 11.9. The molecule has 0 aromatic heterocycles. The average molecular weight is 389 g/mol. The number of benzene rings is 1. The number of hydrogen-bond acceptors (Lipinski definition) is 1. The Hall–Kier alpha value is -0.550. The van der Waals surface area contributed by atoms with Gasteiger partial charge in [0.05, 0.1) is 0 Å². The largest absolute Gasteiger partial charge is 0.489 e. The molecule has 0 fully saturated rings. The lowest BCUT2D eigenvalue weighted by Crippen LogP contribution is -1.96. The van der Waals surface area contributed by atoms with E-state index in [-0.39, 0.29) is 0 Å². The Morgan fingerprint density at radius 1 is 1.38 bits per heavy atom. The lowest BCUT2D eigenvalue weighted by Gasteiger charge is -2.10. The lowest BCUT2D eigenvalue weighted by molar-refractivity contribution is 0.362. The minimum Gasteiger partial charge on any atom is -0.489 e. The van der Waals surface area contributed by atoms with E-state index >= 15 is 0 Å². The van der Waals surface area contributed by atoms with Crippen molar-refractivity contribution >= 4 is 44.1 Å². The summed E-state index contributed by atoms with van der Waals surface area (Å²) in [6, 6.07) is 6.11. The summed E-state index contributed by atoms with van der Waals surface area (Å²) >= 11 is 5.76. The first-order chi connectivity index (χ1) is 7.66. The molecule has 1 heterocycles. The van der Waals surface area contributed by atoms with Gasteiger partial charge in [-0.1, -0.05) is 22.5 Å². The van der Waals surface area contributed by atoms with Crippen molar-refractivity contribution in [2.45, 2.75) is 0 Å². The second-order valence-corrected chi connectivity index (χ2v) is 5.57. The third kappa shape index (κ3) is 2.77. The van der Waals surface area contributed by atoms with Crippen molar-refractivity contribution < 1.29 is 4.74 Å². The lowest BCUT2D eigenvalue weighted by atomic mass is 10.1. The Bertz CT molecular complexity index is 489. The quantitative estimate of drug-likeness (QED) is 0.593. The van der Waals surface area contributed by atoms with Crippen molar-refractivity contribution in [1.82, 2.24) is 0 Å². The van der Waals surface area contributed by atoms with Crippen molar-refractivity contribution in [1.29, 1.82) is 0 Å². The van der Waals surface area contributed by atoms with Gasteiger partial charge < -0.3 is 4.74 Å². The van der Waals surface area contributed by atoms with Crippen molar-refractivity contribution in [2.75, 3.05) is 6.61 Å². The van der Waals surface area contributed by atoms with Crippen molar-refractivity contribution in [3.8, 4) is 5.75 Å². The van der Waals surface area contributed by atoms with Crippen LogP contribution in [-0.2, 0) is 0 Å². The fraction of sp³-hybridized carbons (Fsp3) is 0.0769. The molecule has 3 heteroatoms. The zero-order valence-electron chi connectivity index (χ0n) is 8.54. The summed E-state index contributed by atoms with van der Waals surface area (Å²) < 4.78 is 7.86. The molecule has 0 saturated heterocycles. The minimum atomic E-state index is 0.573. The van der Waals surface area contributed by atoms with E-state index in [1.54, 1.807) is 0 Å². The van der Waals surface area contributed by atoms with Crippen LogP contribution in [0, 0.1) is 3.57 Å². The van der Waals surface area contributed by atoms with Gasteiger partial charge in [-0.2, -0.15) is 0 Å². The van der Waals surface area contributed by atoms with Gasteiger partial charge in [0.2, 0.25) is 0 Å². The van der Waals surface area contributed by atoms with Gasteiger partial charge in [0.15, 0.2) is 0 Å². The van der Waals surface area contributed by atoms with Gasteiger partial charge in [0.1, 0.15) is 12.4 Å². The van der Waals surface area contributed by atoms with E-state index in [1.807, 2.05) is 30.4 Å². The predicted molar refractivity (Wildman–Crippen MR) is 79.8 cm³/mol. The molecular weight excluding hydrogens is 379 g/mol. The summed E-state index contributed by atoms with van der Waals surface area (Å²) in [7, 11) is 0. The van der Waals surface area contributed by atoms with Gasteiger partial charge in [-0.05, 0) is 64.6 Å². The van der Waals surface area contributed by atoms with Crippen LogP contribution in [0.1, 0.15) is 5.56 Å². The highest BCUT2D eigenvalue weighted by atomic mass is 127. The molecule has 16 heavy (non-hydrogen) atoms. The third-order valence-electron chi connectivity index (χ3n) is 2.21. The molecule has 0 bridgehead atoms. The maximum atomic E-state index is 5.68. The molecule has 0 unspecified atom stereocenters. The molecule has 1 aromatic carbocycles. The highest BCUT2D eigenvalue weighted by Gasteiger charge is 2.08. The molecule has 1 aliphatic heterocycles. The Morgan fingerprint density at radius 2 is 2.19 bits per heavy atom. The van der Waals surface area contributed by atoms with E-state index in [1.165, 1.54) is 3.57 Å². The van der Waals surface area contributed by atoms with Gasteiger partial charge in [0.25, 0.3) is 0 Å². The van der Waals surface area contributed by atoms with E-state index in [9.17, 15) is 0 Å². The second-order valence-electron chi connectivity index (χ2n) is 3.41. The van der Waals surface area contributed by atoms with Crippen LogP contribution in [0.25, 0.3) is 5.57 Å². The molecular formula is C13H10BrIO. The first-order valence-corrected chi connectivity index (χ1v) is 6.69. The average Bonchev–Trinajstić information content (AvgIpc) is 2.30. The summed E-state index contributed by atoms with van der Waals surface area (Å²) in [6.45, 7) is 4.64. The van der Waals surface area contributed by atoms with Crippen LogP contribution < -0.4 is 4.74 Å². The molecule has 0 saturated carbocycles. The SMILES string of the molecule is C=C1/C=C(Br)\C=C/COc2ccc(I)cc21. The normalized spacial score (nSPS) is 20.6. The maximum Gasteiger partial charge on any atom is 0.127 e. The van der Waals surface area contributed by atoms with Gasteiger partial charge in [-0.25, -0.2) is 0 Å². The molecule has 0 spiro atoms. The third-order valence-corrected chi connectivity index (χ3v) is 3.38. The van der Waals surface area contributed by atoms with Gasteiger partial charge >= 0.3 is 0 Å². The highest BCUT2D eigenvalue weighted by Crippen LogP contribution is 2.30.